The van der Waals surface area contributed by atoms with E-state index in [4.69, 9.17) is 10.8 Å². The van der Waals surface area contributed by atoms with E-state index < -0.39 is 49.0 Å². The number of nitrogens with zero attached hydrogens (tertiary/aromatic N) is 1. The zero-order valence-corrected chi connectivity index (χ0v) is 13.1. The number of anilines is 1. The smallest absolute Gasteiger partial charge is 0.394 e. The van der Waals surface area contributed by atoms with Crippen molar-refractivity contribution in [1.29, 1.82) is 0 Å². The van der Waals surface area contributed by atoms with Crippen LogP contribution in [0.1, 0.15) is 15.9 Å². The van der Waals surface area contributed by atoms with E-state index in [9.17, 15) is 27.6 Å². The van der Waals surface area contributed by atoms with Crippen LogP contribution in [0.15, 0.2) is 18.2 Å². The number of nitrogens with one attached hydrogen (secondary N) is 1. The van der Waals surface area contributed by atoms with E-state index in [1.807, 2.05) is 0 Å². The topological polar surface area (TPSA) is 113 Å². The lowest BCUT2D eigenvalue weighted by molar-refractivity contribution is -0.187. The number of amides is 3. The van der Waals surface area contributed by atoms with Crippen LogP contribution in [0.5, 0.6) is 0 Å². The fourth-order valence-electron chi connectivity index (χ4n) is 2.75. The van der Waals surface area contributed by atoms with Gasteiger partial charge in [0, 0.05) is 24.3 Å². The standard InChI is InChI=1S/C15H16F3N3O4/c1-7-2-8(12(19)22)4-9(3-7)20-14(25)21-5-10(13(23)24)11(6-21)15(16,17)18/h2-4,10-11H,5-6H2,1H3,(H2,19,22)(H,20,25)(H,23,24)/t10-,11-/m1/s1. The molecule has 0 spiro atoms. The van der Waals surface area contributed by atoms with Gasteiger partial charge in [0.2, 0.25) is 5.91 Å². The minimum absolute atomic E-state index is 0.133. The minimum Gasteiger partial charge on any atom is -0.481 e. The number of alkyl halides is 3. The van der Waals surface area contributed by atoms with Gasteiger partial charge >= 0.3 is 18.2 Å². The number of aliphatic carboxylic acids is 1. The molecule has 0 bridgehead atoms. The molecule has 3 amide bonds. The van der Waals surface area contributed by atoms with Gasteiger partial charge in [0.05, 0.1) is 11.8 Å². The highest BCUT2D eigenvalue weighted by Gasteiger charge is 2.53. The van der Waals surface area contributed by atoms with E-state index in [0.717, 1.165) is 4.90 Å². The van der Waals surface area contributed by atoms with Gasteiger partial charge in [0.15, 0.2) is 0 Å². The Morgan fingerprint density at radius 3 is 2.36 bits per heavy atom. The molecule has 1 aliphatic rings. The first kappa shape index (κ1) is 18.6. The van der Waals surface area contributed by atoms with Crippen molar-refractivity contribution in [3.63, 3.8) is 0 Å². The number of carboxylic acid groups (broad SMARTS) is 1. The molecule has 0 aliphatic carbocycles. The molecule has 2 atom stereocenters. The van der Waals surface area contributed by atoms with Crippen molar-refractivity contribution in [1.82, 2.24) is 4.90 Å². The van der Waals surface area contributed by atoms with Gasteiger partial charge in [-0.3, -0.25) is 9.59 Å². The average Bonchev–Trinajstić information content (AvgIpc) is 2.92. The molecule has 1 aromatic carbocycles. The summed E-state index contributed by atoms with van der Waals surface area (Å²) >= 11 is 0. The predicted molar refractivity (Wildman–Crippen MR) is 81.0 cm³/mol. The second-order valence-corrected chi connectivity index (χ2v) is 5.88. The van der Waals surface area contributed by atoms with Crippen molar-refractivity contribution in [2.24, 2.45) is 17.6 Å². The zero-order valence-electron chi connectivity index (χ0n) is 13.1. The Balaban J connectivity index is 2.17. The van der Waals surface area contributed by atoms with Gasteiger partial charge in [-0.05, 0) is 30.7 Å². The number of carbonyl (C=O) groups excluding carboxylic acids is 2. The Labute approximate surface area is 140 Å². The van der Waals surface area contributed by atoms with Crippen LogP contribution in [0, 0.1) is 18.8 Å². The SMILES string of the molecule is Cc1cc(NC(=O)N2C[C@@H](C(F)(F)F)[C@H](C(=O)O)C2)cc(C(N)=O)c1. The highest BCUT2D eigenvalue weighted by atomic mass is 19.4. The summed E-state index contributed by atoms with van der Waals surface area (Å²) in [6.45, 7) is 0.346. The van der Waals surface area contributed by atoms with Crippen molar-refractivity contribution in [2.75, 3.05) is 18.4 Å². The molecule has 1 aliphatic heterocycles. The number of aryl methyl sites for hydroxylation is 1. The number of halogens is 3. The maximum Gasteiger partial charge on any atom is 0.394 e. The van der Waals surface area contributed by atoms with Gasteiger partial charge in [-0.25, -0.2) is 4.79 Å². The first-order chi connectivity index (χ1) is 11.5. The number of urea groups is 1. The normalized spacial score (nSPS) is 20.4. The average molecular weight is 359 g/mol. The Morgan fingerprint density at radius 1 is 1.24 bits per heavy atom. The van der Waals surface area contributed by atoms with Crippen molar-refractivity contribution in [2.45, 2.75) is 13.1 Å². The molecule has 1 aromatic rings. The lowest BCUT2D eigenvalue weighted by Crippen LogP contribution is -2.35. The molecule has 1 heterocycles. The molecular weight excluding hydrogens is 343 g/mol. The largest absolute Gasteiger partial charge is 0.481 e. The van der Waals surface area contributed by atoms with Crippen molar-refractivity contribution in [3.8, 4) is 0 Å². The molecule has 4 N–H and O–H groups in total. The predicted octanol–water partition coefficient (Wildman–Crippen LogP) is 1.82. The molecular formula is C15H16F3N3O4. The summed E-state index contributed by atoms with van der Waals surface area (Å²) in [5, 5.41) is 11.3. The van der Waals surface area contributed by atoms with E-state index in [2.05, 4.69) is 5.32 Å². The number of likely N-dealkylation sites (tertiary alicyclic amines) is 1. The Kier molecular flexibility index (Phi) is 4.91. The fraction of sp³-hybridized carbons (Fsp3) is 0.400. The van der Waals surface area contributed by atoms with Crippen LogP contribution in [0.2, 0.25) is 0 Å². The molecule has 0 saturated carbocycles. The maximum absolute atomic E-state index is 13.0. The maximum atomic E-state index is 13.0. The van der Waals surface area contributed by atoms with E-state index in [1.165, 1.54) is 18.2 Å². The number of hydrogen-bond donors (Lipinski definition) is 3. The highest BCUT2D eigenvalue weighted by Crippen LogP contribution is 2.37. The third-order valence-electron chi connectivity index (χ3n) is 3.96. The molecule has 25 heavy (non-hydrogen) atoms. The summed E-state index contributed by atoms with van der Waals surface area (Å²) in [5.41, 5.74) is 6.10. The van der Waals surface area contributed by atoms with Crippen LogP contribution in [0.4, 0.5) is 23.7 Å². The van der Waals surface area contributed by atoms with Gasteiger partial charge in [-0.15, -0.1) is 0 Å². The molecule has 0 aromatic heterocycles. The minimum atomic E-state index is -4.72. The van der Waals surface area contributed by atoms with E-state index >= 15 is 0 Å². The molecule has 10 heteroatoms. The molecule has 2 rings (SSSR count). The number of nitrogens with two attached hydrogens (primary N) is 1. The van der Waals surface area contributed by atoms with Crippen LogP contribution < -0.4 is 11.1 Å². The van der Waals surface area contributed by atoms with Crippen LogP contribution in [-0.4, -0.2) is 47.2 Å². The van der Waals surface area contributed by atoms with E-state index in [0.29, 0.717) is 5.56 Å². The number of benzene rings is 1. The third-order valence-corrected chi connectivity index (χ3v) is 3.96. The monoisotopic (exact) mass is 359 g/mol. The summed E-state index contributed by atoms with van der Waals surface area (Å²) in [5.74, 6) is -6.17. The summed E-state index contributed by atoms with van der Waals surface area (Å²) in [6, 6.07) is 3.42. The van der Waals surface area contributed by atoms with Crippen LogP contribution >= 0.6 is 0 Å². The number of rotatable bonds is 3. The van der Waals surface area contributed by atoms with E-state index in [-0.39, 0.29) is 11.3 Å². The number of carboxylic acids is 1. The quantitative estimate of drug-likeness (QED) is 0.764. The summed E-state index contributed by atoms with van der Waals surface area (Å²) in [6.07, 6.45) is -4.72. The van der Waals surface area contributed by atoms with Crippen molar-refractivity contribution >= 4 is 23.6 Å². The van der Waals surface area contributed by atoms with Gasteiger partial charge in [-0.2, -0.15) is 13.2 Å². The molecule has 0 radical (unpaired) electrons. The Hall–Kier alpha value is -2.78. The molecule has 7 nitrogen and oxygen atoms in total. The zero-order chi connectivity index (χ0) is 18.9. The lowest BCUT2D eigenvalue weighted by Gasteiger charge is -2.19. The van der Waals surface area contributed by atoms with Crippen LogP contribution in [0.25, 0.3) is 0 Å². The number of primary amides is 1. The molecule has 136 valence electrons. The fourth-order valence-corrected chi connectivity index (χ4v) is 2.75. The second-order valence-electron chi connectivity index (χ2n) is 5.88. The molecule has 1 saturated heterocycles. The Bertz CT molecular complexity index is 720. The molecule has 1 fully saturated rings. The van der Waals surface area contributed by atoms with Crippen LogP contribution in [-0.2, 0) is 4.79 Å². The van der Waals surface area contributed by atoms with Crippen LogP contribution in [0.3, 0.4) is 0 Å². The first-order valence-electron chi connectivity index (χ1n) is 7.26. The van der Waals surface area contributed by atoms with E-state index in [1.54, 1.807) is 6.92 Å². The Morgan fingerprint density at radius 2 is 1.88 bits per heavy atom. The van der Waals surface area contributed by atoms with Gasteiger partial charge in [-0.1, -0.05) is 0 Å². The second kappa shape index (κ2) is 6.61. The summed E-state index contributed by atoms with van der Waals surface area (Å²) < 4.78 is 38.9. The molecule has 0 unspecified atom stereocenters. The highest BCUT2D eigenvalue weighted by molar-refractivity contribution is 5.96. The lowest BCUT2D eigenvalue weighted by atomic mass is 9.96. The van der Waals surface area contributed by atoms with Gasteiger partial charge in [0.25, 0.3) is 0 Å². The number of carbonyl (C=O) groups is 3. The summed E-state index contributed by atoms with van der Waals surface area (Å²) in [4.78, 5) is 35.2. The third kappa shape index (κ3) is 4.20. The number of hydrogen-bond acceptors (Lipinski definition) is 3. The van der Waals surface area contributed by atoms with Gasteiger partial charge < -0.3 is 21.1 Å². The summed E-state index contributed by atoms with van der Waals surface area (Å²) in [7, 11) is 0. The first-order valence-corrected chi connectivity index (χ1v) is 7.26. The van der Waals surface area contributed by atoms with Crippen molar-refractivity contribution in [3.05, 3.63) is 29.3 Å². The van der Waals surface area contributed by atoms with Gasteiger partial charge in [0.1, 0.15) is 0 Å². The van der Waals surface area contributed by atoms with Crippen molar-refractivity contribution < 1.29 is 32.7 Å².